The highest BCUT2D eigenvalue weighted by molar-refractivity contribution is 7.89. The molecule has 0 bridgehead atoms. The van der Waals surface area contributed by atoms with Gasteiger partial charge in [0.05, 0.1) is 4.90 Å². The Bertz CT molecular complexity index is 874. The minimum atomic E-state index is -3.58. The van der Waals surface area contributed by atoms with Gasteiger partial charge in [0, 0.05) is 24.3 Å². The number of benzene rings is 2. The summed E-state index contributed by atoms with van der Waals surface area (Å²) >= 11 is 0. The van der Waals surface area contributed by atoms with E-state index < -0.39 is 21.7 Å². The summed E-state index contributed by atoms with van der Waals surface area (Å²) in [7, 11) is -3.58. The highest BCUT2D eigenvalue weighted by atomic mass is 32.2. The van der Waals surface area contributed by atoms with Crippen molar-refractivity contribution in [2.45, 2.75) is 30.6 Å². The Balaban J connectivity index is 1.79. The van der Waals surface area contributed by atoms with Crippen LogP contribution in [0.25, 0.3) is 0 Å². The monoisotopic (exact) mass is 376 g/mol. The Hall–Kier alpha value is -2.25. The number of rotatable bonds is 4. The van der Waals surface area contributed by atoms with Crippen LogP contribution >= 0.6 is 0 Å². The van der Waals surface area contributed by atoms with Crippen molar-refractivity contribution in [3.8, 4) is 0 Å². The molecule has 0 spiro atoms. The first-order valence-corrected chi connectivity index (χ1v) is 10.1. The van der Waals surface area contributed by atoms with E-state index in [0.717, 1.165) is 25.7 Å². The first-order chi connectivity index (χ1) is 12.5. The Morgan fingerprint density at radius 2 is 1.62 bits per heavy atom. The summed E-state index contributed by atoms with van der Waals surface area (Å²) in [4.78, 5) is 12.4. The van der Waals surface area contributed by atoms with Crippen molar-refractivity contribution in [3.05, 3.63) is 59.9 Å². The van der Waals surface area contributed by atoms with E-state index in [9.17, 15) is 17.6 Å². The molecule has 0 atom stereocenters. The first kappa shape index (κ1) is 18.5. The van der Waals surface area contributed by atoms with Crippen LogP contribution < -0.4 is 5.32 Å². The molecule has 2 aromatic carbocycles. The van der Waals surface area contributed by atoms with Gasteiger partial charge in [-0.25, -0.2) is 12.8 Å². The lowest BCUT2D eigenvalue weighted by Gasteiger charge is -2.20. The molecule has 1 heterocycles. The fourth-order valence-electron chi connectivity index (χ4n) is 2.97. The zero-order valence-corrected chi connectivity index (χ0v) is 15.1. The topological polar surface area (TPSA) is 66.5 Å². The molecule has 7 heteroatoms. The van der Waals surface area contributed by atoms with Crippen LogP contribution in [0.2, 0.25) is 0 Å². The van der Waals surface area contributed by atoms with Gasteiger partial charge >= 0.3 is 0 Å². The van der Waals surface area contributed by atoms with Gasteiger partial charge in [0.15, 0.2) is 0 Å². The number of anilines is 1. The summed E-state index contributed by atoms with van der Waals surface area (Å²) in [5.74, 6) is -0.846. The maximum Gasteiger partial charge on any atom is 0.255 e. The predicted octanol–water partition coefficient (Wildman–Crippen LogP) is 3.64. The van der Waals surface area contributed by atoms with Crippen LogP contribution in [0.3, 0.4) is 0 Å². The van der Waals surface area contributed by atoms with Crippen molar-refractivity contribution in [1.82, 2.24) is 4.31 Å². The van der Waals surface area contributed by atoms with Gasteiger partial charge in [0.25, 0.3) is 5.91 Å². The summed E-state index contributed by atoms with van der Waals surface area (Å²) < 4.78 is 40.2. The van der Waals surface area contributed by atoms with Gasteiger partial charge < -0.3 is 5.32 Å². The molecule has 0 saturated carbocycles. The maximum absolute atomic E-state index is 13.0. The van der Waals surface area contributed by atoms with Gasteiger partial charge in [-0.3, -0.25) is 4.79 Å². The molecule has 2 aromatic rings. The molecule has 1 N–H and O–H groups in total. The lowest BCUT2D eigenvalue weighted by Crippen LogP contribution is -2.32. The standard InChI is InChI=1S/C19H21FN2O3S/c20-16-10-8-15(9-11-16)19(23)21-17-6-5-7-18(14-17)26(24,25)22-12-3-1-2-4-13-22/h5-11,14H,1-4,12-13H2,(H,21,23). The van der Waals surface area contributed by atoms with Crippen molar-refractivity contribution in [1.29, 1.82) is 0 Å². The van der Waals surface area contributed by atoms with Crippen molar-refractivity contribution < 1.29 is 17.6 Å². The van der Waals surface area contributed by atoms with E-state index in [2.05, 4.69) is 5.32 Å². The second kappa shape index (κ2) is 7.97. The molecule has 5 nitrogen and oxygen atoms in total. The Labute approximate surface area is 152 Å². The van der Waals surface area contributed by atoms with Gasteiger partial charge in [0.1, 0.15) is 5.82 Å². The number of hydrogen-bond donors (Lipinski definition) is 1. The molecule has 0 aliphatic carbocycles. The lowest BCUT2D eigenvalue weighted by atomic mass is 10.2. The van der Waals surface area contributed by atoms with Gasteiger partial charge in [-0.05, 0) is 55.3 Å². The van der Waals surface area contributed by atoms with E-state index in [1.165, 1.54) is 40.7 Å². The zero-order valence-electron chi connectivity index (χ0n) is 14.3. The molecule has 1 amide bonds. The molecule has 26 heavy (non-hydrogen) atoms. The van der Waals surface area contributed by atoms with Gasteiger partial charge in [-0.2, -0.15) is 4.31 Å². The number of carbonyl (C=O) groups is 1. The smallest absolute Gasteiger partial charge is 0.255 e. The Morgan fingerprint density at radius 1 is 0.962 bits per heavy atom. The molecule has 3 rings (SSSR count). The van der Waals surface area contributed by atoms with Gasteiger partial charge in [-0.15, -0.1) is 0 Å². The van der Waals surface area contributed by atoms with Crippen LogP contribution in [0.1, 0.15) is 36.0 Å². The molecule has 0 unspecified atom stereocenters. The molecule has 0 aromatic heterocycles. The highest BCUT2D eigenvalue weighted by Gasteiger charge is 2.25. The average Bonchev–Trinajstić information content (AvgIpc) is 2.92. The van der Waals surface area contributed by atoms with E-state index in [4.69, 9.17) is 0 Å². The number of sulfonamides is 1. The van der Waals surface area contributed by atoms with E-state index in [1.54, 1.807) is 12.1 Å². The second-order valence-corrected chi connectivity index (χ2v) is 8.25. The van der Waals surface area contributed by atoms with E-state index in [-0.39, 0.29) is 4.90 Å². The van der Waals surface area contributed by atoms with E-state index in [1.807, 2.05) is 0 Å². The third-order valence-electron chi connectivity index (χ3n) is 4.40. The zero-order chi connectivity index (χ0) is 18.6. The van der Waals surface area contributed by atoms with Crippen LogP contribution in [-0.4, -0.2) is 31.7 Å². The quantitative estimate of drug-likeness (QED) is 0.886. The van der Waals surface area contributed by atoms with Crippen LogP contribution in [-0.2, 0) is 10.0 Å². The second-order valence-electron chi connectivity index (χ2n) is 6.31. The Kier molecular flexibility index (Phi) is 5.68. The Morgan fingerprint density at radius 3 is 2.27 bits per heavy atom. The van der Waals surface area contributed by atoms with Crippen molar-refractivity contribution in [2.24, 2.45) is 0 Å². The maximum atomic E-state index is 13.0. The van der Waals surface area contributed by atoms with Crippen LogP contribution in [0.15, 0.2) is 53.4 Å². The fraction of sp³-hybridized carbons (Fsp3) is 0.316. The number of halogens is 1. The van der Waals surface area contributed by atoms with Gasteiger partial charge in [-0.1, -0.05) is 18.9 Å². The number of nitrogens with zero attached hydrogens (tertiary/aromatic N) is 1. The van der Waals surface area contributed by atoms with E-state index in [0.29, 0.717) is 24.3 Å². The minimum absolute atomic E-state index is 0.163. The summed E-state index contributed by atoms with van der Waals surface area (Å²) in [6.07, 6.45) is 3.81. The number of amides is 1. The fourth-order valence-corrected chi connectivity index (χ4v) is 4.53. The lowest BCUT2D eigenvalue weighted by molar-refractivity contribution is 0.102. The van der Waals surface area contributed by atoms with Crippen LogP contribution in [0.4, 0.5) is 10.1 Å². The average molecular weight is 376 g/mol. The van der Waals surface area contributed by atoms with Crippen molar-refractivity contribution in [3.63, 3.8) is 0 Å². The van der Waals surface area contributed by atoms with Crippen molar-refractivity contribution >= 4 is 21.6 Å². The molecule has 138 valence electrons. The van der Waals surface area contributed by atoms with Crippen LogP contribution in [0, 0.1) is 5.82 Å². The predicted molar refractivity (Wildman–Crippen MR) is 98.0 cm³/mol. The highest BCUT2D eigenvalue weighted by Crippen LogP contribution is 2.23. The largest absolute Gasteiger partial charge is 0.322 e. The van der Waals surface area contributed by atoms with Crippen molar-refractivity contribution in [2.75, 3.05) is 18.4 Å². The third kappa shape index (κ3) is 4.28. The molecular weight excluding hydrogens is 355 g/mol. The molecule has 1 aliphatic heterocycles. The number of hydrogen-bond acceptors (Lipinski definition) is 3. The molecule has 1 aliphatic rings. The number of nitrogens with one attached hydrogen (secondary N) is 1. The SMILES string of the molecule is O=C(Nc1cccc(S(=O)(=O)N2CCCCCC2)c1)c1ccc(F)cc1. The number of carbonyl (C=O) groups excluding carboxylic acids is 1. The van der Waals surface area contributed by atoms with Crippen LogP contribution in [0.5, 0.6) is 0 Å². The molecule has 1 fully saturated rings. The van der Waals surface area contributed by atoms with E-state index >= 15 is 0 Å². The minimum Gasteiger partial charge on any atom is -0.322 e. The summed E-state index contributed by atoms with van der Waals surface area (Å²) in [6, 6.07) is 11.4. The molecular formula is C19H21FN2O3S. The normalized spacial score (nSPS) is 16.0. The summed E-state index contributed by atoms with van der Waals surface area (Å²) in [5.41, 5.74) is 0.683. The third-order valence-corrected chi connectivity index (χ3v) is 6.30. The molecule has 1 saturated heterocycles. The van der Waals surface area contributed by atoms with Gasteiger partial charge in [0.2, 0.25) is 10.0 Å². The summed E-state index contributed by atoms with van der Waals surface area (Å²) in [6.45, 7) is 1.04. The first-order valence-electron chi connectivity index (χ1n) is 8.64. The molecule has 0 radical (unpaired) electrons. The summed E-state index contributed by atoms with van der Waals surface area (Å²) in [5, 5.41) is 2.66.